The Morgan fingerprint density at radius 2 is 1.81 bits per heavy atom. The van der Waals surface area contributed by atoms with Gasteiger partial charge < -0.3 is 16.0 Å². The number of hydrogen-bond donors (Lipinski definition) is 2. The van der Waals surface area contributed by atoms with Gasteiger partial charge in [0.15, 0.2) is 5.69 Å². The Bertz CT molecular complexity index is 889. The maximum Gasteiger partial charge on any atom is 0.435 e. The van der Waals surface area contributed by atoms with Gasteiger partial charge in [-0.05, 0) is 23.8 Å². The third-order valence-electron chi connectivity index (χ3n) is 4.15. The lowest BCUT2D eigenvalue weighted by Crippen LogP contribution is -2.20. The zero-order valence-corrected chi connectivity index (χ0v) is 14.2. The average Bonchev–Trinajstić information content (AvgIpc) is 2.93. The minimum absolute atomic E-state index is 0.116. The van der Waals surface area contributed by atoms with Crippen LogP contribution in [0.25, 0.3) is 11.1 Å². The average molecular weight is 361 g/mol. The van der Waals surface area contributed by atoms with Crippen LogP contribution >= 0.6 is 0 Å². The molecule has 0 bridgehead atoms. The van der Waals surface area contributed by atoms with E-state index in [9.17, 15) is 13.2 Å². The molecule has 3 rings (SSSR count). The lowest BCUT2D eigenvalue weighted by Gasteiger charge is -2.16. The van der Waals surface area contributed by atoms with E-state index in [4.69, 9.17) is 11.1 Å². The standard InChI is InChI=1S/C18H18F3N5/c1-25(2)12-9-7-11(8-10-12)15-16(18(19,20)21)24-26(17(15)23)14-6-4-3-5-13(14)22/h3-10,14,22H,23H2,1-2H3. The number of hydrogen-bond acceptors (Lipinski definition) is 4. The van der Waals surface area contributed by atoms with Crippen LogP contribution in [-0.4, -0.2) is 29.6 Å². The number of alkyl halides is 3. The Labute approximate surface area is 148 Å². The van der Waals surface area contributed by atoms with Crippen molar-refractivity contribution in [3.8, 4) is 11.1 Å². The lowest BCUT2D eigenvalue weighted by molar-refractivity contribution is -0.141. The van der Waals surface area contributed by atoms with Crippen LogP contribution in [-0.2, 0) is 6.18 Å². The predicted octanol–water partition coefficient (Wildman–Crippen LogP) is 3.90. The van der Waals surface area contributed by atoms with Crippen LogP contribution in [0.3, 0.4) is 0 Å². The number of allylic oxidation sites excluding steroid dienone is 4. The molecular weight excluding hydrogens is 343 g/mol. The Kier molecular flexibility index (Phi) is 4.35. The van der Waals surface area contributed by atoms with E-state index in [2.05, 4.69) is 5.10 Å². The van der Waals surface area contributed by atoms with E-state index < -0.39 is 17.9 Å². The fourth-order valence-corrected chi connectivity index (χ4v) is 2.81. The molecule has 5 nitrogen and oxygen atoms in total. The number of anilines is 2. The highest BCUT2D eigenvalue weighted by atomic mass is 19.4. The number of halogens is 3. The van der Waals surface area contributed by atoms with Gasteiger partial charge in [0.2, 0.25) is 0 Å². The van der Waals surface area contributed by atoms with Gasteiger partial charge in [0.25, 0.3) is 0 Å². The van der Waals surface area contributed by atoms with Gasteiger partial charge in [0, 0.05) is 19.8 Å². The summed E-state index contributed by atoms with van der Waals surface area (Å²) < 4.78 is 41.8. The zero-order valence-electron chi connectivity index (χ0n) is 14.2. The third kappa shape index (κ3) is 3.10. The number of nitrogens with zero attached hydrogens (tertiary/aromatic N) is 3. The molecule has 0 amide bonds. The molecule has 1 unspecified atom stereocenters. The van der Waals surface area contributed by atoms with Crippen molar-refractivity contribution in [2.24, 2.45) is 0 Å². The van der Waals surface area contributed by atoms with Crippen molar-refractivity contribution in [2.75, 3.05) is 24.7 Å². The van der Waals surface area contributed by atoms with E-state index >= 15 is 0 Å². The van der Waals surface area contributed by atoms with Gasteiger partial charge in [-0.2, -0.15) is 18.3 Å². The van der Waals surface area contributed by atoms with Crippen LogP contribution in [0.5, 0.6) is 0 Å². The number of benzene rings is 1. The normalized spacial score (nSPS) is 17.0. The first kappa shape index (κ1) is 17.8. The molecule has 0 radical (unpaired) electrons. The quantitative estimate of drug-likeness (QED) is 0.871. The molecule has 1 atom stereocenters. The first-order valence-corrected chi connectivity index (χ1v) is 7.86. The van der Waals surface area contributed by atoms with Crippen LogP contribution in [0.15, 0.2) is 48.6 Å². The van der Waals surface area contributed by atoms with Crippen LogP contribution < -0.4 is 10.6 Å². The molecule has 3 N–H and O–H groups in total. The maximum atomic E-state index is 13.6. The summed E-state index contributed by atoms with van der Waals surface area (Å²) in [5.41, 5.74) is 6.14. The number of nitrogen functional groups attached to an aromatic ring is 1. The van der Waals surface area contributed by atoms with Gasteiger partial charge in [-0.3, -0.25) is 0 Å². The molecule has 0 fully saturated rings. The second-order valence-electron chi connectivity index (χ2n) is 6.14. The fourth-order valence-electron chi connectivity index (χ4n) is 2.81. The summed E-state index contributed by atoms with van der Waals surface area (Å²) in [6.45, 7) is 0. The summed E-state index contributed by atoms with van der Waals surface area (Å²) in [6, 6.07) is 5.85. The topological polar surface area (TPSA) is 70.9 Å². The number of rotatable bonds is 3. The highest BCUT2D eigenvalue weighted by Crippen LogP contribution is 2.41. The van der Waals surface area contributed by atoms with E-state index in [1.54, 1.807) is 42.5 Å². The van der Waals surface area contributed by atoms with Gasteiger partial charge in [-0.1, -0.05) is 30.4 Å². The minimum Gasteiger partial charge on any atom is -0.383 e. The molecule has 2 aromatic rings. The number of nitrogens with two attached hydrogens (primary N) is 1. The van der Waals surface area contributed by atoms with Gasteiger partial charge in [0.05, 0.1) is 11.3 Å². The minimum atomic E-state index is -4.66. The van der Waals surface area contributed by atoms with E-state index in [1.165, 1.54) is 6.08 Å². The van der Waals surface area contributed by atoms with Crippen molar-refractivity contribution in [2.45, 2.75) is 12.2 Å². The summed E-state index contributed by atoms with van der Waals surface area (Å²) in [5.74, 6) is -0.121. The SMILES string of the molecule is CN(C)c1ccc(-c2c(C(F)(F)F)nn(C3C=CC=CC3=N)c2N)cc1. The second kappa shape index (κ2) is 6.36. The van der Waals surface area contributed by atoms with Crippen LogP contribution in [0.1, 0.15) is 11.7 Å². The van der Waals surface area contributed by atoms with Crippen molar-refractivity contribution >= 4 is 17.2 Å². The molecule has 8 heteroatoms. The first-order valence-electron chi connectivity index (χ1n) is 7.86. The van der Waals surface area contributed by atoms with Crippen molar-refractivity contribution in [3.63, 3.8) is 0 Å². The maximum absolute atomic E-state index is 13.6. The van der Waals surface area contributed by atoms with Crippen molar-refractivity contribution in [1.29, 1.82) is 5.41 Å². The van der Waals surface area contributed by atoms with Gasteiger partial charge >= 0.3 is 6.18 Å². The van der Waals surface area contributed by atoms with Crippen LogP contribution in [0.4, 0.5) is 24.7 Å². The van der Waals surface area contributed by atoms with Crippen molar-refractivity contribution in [1.82, 2.24) is 9.78 Å². The highest BCUT2D eigenvalue weighted by molar-refractivity contribution is 5.98. The van der Waals surface area contributed by atoms with Gasteiger partial charge in [0.1, 0.15) is 11.9 Å². The van der Waals surface area contributed by atoms with Gasteiger partial charge in [-0.15, -0.1) is 0 Å². The molecule has 0 spiro atoms. The second-order valence-corrected chi connectivity index (χ2v) is 6.14. The molecule has 0 saturated carbocycles. The molecular formula is C18H18F3N5. The molecule has 1 aliphatic carbocycles. The summed E-state index contributed by atoms with van der Waals surface area (Å²) in [4.78, 5) is 1.85. The first-order chi connectivity index (χ1) is 12.2. The van der Waals surface area contributed by atoms with E-state index in [0.717, 1.165) is 10.4 Å². The van der Waals surface area contributed by atoms with E-state index in [0.29, 0.717) is 5.56 Å². The Balaban J connectivity index is 2.16. The van der Waals surface area contributed by atoms with Crippen molar-refractivity contribution < 1.29 is 13.2 Å². The smallest absolute Gasteiger partial charge is 0.383 e. The molecule has 1 aromatic heterocycles. The Morgan fingerprint density at radius 1 is 1.15 bits per heavy atom. The van der Waals surface area contributed by atoms with Gasteiger partial charge in [-0.25, -0.2) is 4.68 Å². The monoisotopic (exact) mass is 361 g/mol. The Morgan fingerprint density at radius 3 is 2.35 bits per heavy atom. The molecule has 1 heterocycles. The summed E-state index contributed by atoms with van der Waals surface area (Å²) >= 11 is 0. The fraction of sp³-hybridized carbons (Fsp3) is 0.222. The molecule has 136 valence electrons. The largest absolute Gasteiger partial charge is 0.435 e. The van der Waals surface area contributed by atoms with Crippen LogP contribution in [0, 0.1) is 5.41 Å². The third-order valence-corrected chi connectivity index (χ3v) is 4.15. The molecule has 26 heavy (non-hydrogen) atoms. The van der Waals surface area contributed by atoms with E-state index in [-0.39, 0.29) is 17.1 Å². The molecule has 1 aliphatic rings. The molecule has 1 aromatic carbocycles. The number of nitrogens with one attached hydrogen (secondary N) is 1. The molecule has 0 aliphatic heterocycles. The Hall–Kier alpha value is -3.03. The van der Waals surface area contributed by atoms with E-state index in [1.807, 2.05) is 19.0 Å². The summed E-state index contributed by atoms with van der Waals surface area (Å²) in [5, 5.41) is 11.7. The summed E-state index contributed by atoms with van der Waals surface area (Å²) in [7, 11) is 3.69. The predicted molar refractivity (Wildman–Crippen MR) is 96.4 cm³/mol. The molecule has 0 saturated heterocycles. The lowest BCUT2D eigenvalue weighted by atomic mass is 10.0. The zero-order chi connectivity index (χ0) is 19.1. The van der Waals surface area contributed by atoms with Crippen molar-refractivity contribution in [3.05, 3.63) is 54.3 Å². The number of aromatic nitrogens is 2. The summed E-state index contributed by atoms with van der Waals surface area (Å²) in [6.07, 6.45) is 1.73. The highest BCUT2D eigenvalue weighted by Gasteiger charge is 2.40. The van der Waals surface area contributed by atoms with Crippen LogP contribution in [0.2, 0.25) is 0 Å².